The van der Waals surface area contributed by atoms with Gasteiger partial charge in [0, 0.05) is 25.2 Å². The van der Waals surface area contributed by atoms with E-state index in [9.17, 15) is 8.42 Å². The van der Waals surface area contributed by atoms with Crippen LogP contribution in [-0.4, -0.2) is 27.5 Å². The number of hydrogen-bond donors (Lipinski definition) is 1. The van der Waals surface area contributed by atoms with Crippen LogP contribution in [0, 0.1) is 13.8 Å². The van der Waals surface area contributed by atoms with Crippen LogP contribution in [0.15, 0.2) is 28.5 Å². The highest BCUT2D eigenvalue weighted by atomic mass is 32.2. The predicted octanol–water partition coefficient (Wildman–Crippen LogP) is 2.87. The molecule has 7 heteroatoms. The summed E-state index contributed by atoms with van der Waals surface area (Å²) in [4.78, 5) is 6.50. The Bertz CT molecular complexity index is 767. The Morgan fingerprint density at radius 3 is 2.50 bits per heavy atom. The molecular formula is C15H21N3O2S2. The molecule has 5 nitrogen and oxygen atoms in total. The van der Waals surface area contributed by atoms with E-state index in [0.717, 1.165) is 22.0 Å². The molecule has 1 atom stereocenters. The molecule has 0 aliphatic carbocycles. The van der Waals surface area contributed by atoms with Gasteiger partial charge >= 0.3 is 0 Å². The molecule has 1 N–H and O–H groups in total. The third-order valence-corrected chi connectivity index (χ3v) is 5.72. The molecule has 2 rings (SSSR count). The van der Waals surface area contributed by atoms with Crippen molar-refractivity contribution in [2.75, 3.05) is 19.0 Å². The Kier molecular flexibility index (Phi) is 4.89. The van der Waals surface area contributed by atoms with Crippen LogP contribution in [0.5, 0.6) is 0 Å². The van der Waals surface area contributed by atoms with Crippen molar-refractivity contribution in [1.82, 2.24) is 9.71 Å². The van der Waals surface area contributed by atoms with Gasteiger partial charge in [0.2, 0.25) is 10.0 Å². The lowest BCUT2D eigenvalue weighted by molar-refractivity contribution is 0.564. The highest BCUT2D eigenvalue weighted by Gasteiger charge is 2.20. The zero-order valence-corrected chi connectivity index (χ0v) is 15.0. The van der Waals surface area contributed by atoms with Crippen LogP contribution in [0.4, 0.5) is 5.69 Å². The van der Waals surface area contributed by atoms with E-state index in [1.54, 1.807) is 19.1 Å². The summed E-state index contributed by atoms with van der Waals surface area (Å²) in [6.45, 7) is 5.66. The van der Waals surface area contributed by atoms with Crippen LogP contribution in [0.3, 0.4) is 0 Å². The highest BCUT2D eigenvalue weighted by Crippen LogP contribution is 2.24. The van der Waals surface area contributed by atoms with Gasteiger partial charge < -0.3 is 4.90 Å². The molecule has 120 valence electrons. The first-order valence-electron chi connectivity index (χ1n) is 6.93. The zero-order valence-electron chi connectivity index (χ0n) is 13.4. The summed E-state index contributed by atoms with van der Waals surface area (Å²) in [7, 11) is 0.208. The minimum absolute atomic E-state index is 0.264. The quantitative estimate of drug-likeness (QED) is 0.910. The minimum atomic E-state index is -3.58. The van der Waals surface area contributed by atoms with E-state index in [0.29, 0.717) is 0 Å². The first-order chi connectivity index (χ1) is 10.2. The van der Waals surface area contributed by atoms with Gasteiger partial charge in [0.25, 0.3) is 0 Å². The minimum Gasteiger partial charge on any atom is -0.377 e. The van der Waals surface area contributed by atoms with Crippen LogP contribution in [0.1, 0.15) is 29.2 Å². The van der Waals surface area contributed by atoms with E-state index in [1.807, 2.05) is 44.3 Å². The molecule has 0 unspecified atom stereocenters. The van der Waals surface area contributed by atoms with Gasteiger partial charge in [-0.1, -0.05) is 6.07 Å². The van der Waals surface area contributed by atoms with Crippen LogP contribution in [0.25, 0.3) is 0 Å². The topological polar surface area (TPSA) is 62.3 Å². The van der Waals surface area contributed by atoms with Crippen molar-refractivity contribution in [1.29, 1.82) is 0 Å². The van der Waals surface area contributed by atoms with Gasteiger partial charge in [-0.2, -0.15) is 0 Å². The standard InChI is InChI=1S/C15H21N3O2S2/c1-10-6-7-13(8-15(10)18(4)5)22(19,20)17-11(2)14-9-21-12(3)16-14/h6-9,11,17H,1-5H3/t11-/m1/s1. The number of sulfonamides is 1. The number of nitrogens with one attached hydrogen (secondary N) is 1. The van der Waals surface area contributed by atoms with Gasteiger partial charge in [0.15, 0.2) is 0 Å². The molecule has 1 aromatic carbocycles. The predicted molar refractivity (Wildman–Crippen MR) is 91.1 cm³/mol. The van der Waals surface area contributed by atoms with Crippen LogP contribution in [0.2, 0.25) is 0 Å². The van der Waals surface area contributed by atoms with Gasteiger partial charge in [0.05, 0.1) is 21.6 Å². The first-order valence-corrected chi connectivity index (χ1v) is 9.29. The third kappa shape index (κ3) is 3.66. The van der Waals surface area contributed by atoms with Gasteiger partial charge in [-0.05, 0) is 38.5 Å². The number of nitrogens with zero attached hydrogens (tertiary/aromatic N) is 2. The Balaban J connectivity index is 2.29. The Labute approximate surface area is 136 Å². The SMILES string of the molecule is Cc1nc([C@@H](C)NS(=O)(=O)c2ccc(C)c(N(C)C)c2)cs1. The van der Waals surface area contributed by atoms with E-state index < -0.39 is 10.0 Å². The zero-order chi connectivity index (χ0) is 16.5. The molecule has 0 saturated carbocycles. The van der Waals surface area contributed by atoms with Gasteiger partial charge in [-0.25, -0.2) is 18.1 Å². The van der Waals surface area contributed by atoms with E-state index in [4.69, 9.17) is 0 Å². The summed E-state index contributed by atoms with van der Waals surface area (Å²) in [5, 5.41) is 2.80. The van der Waals surface area contributed by atoms with Crippen molar-refractivity contribution in [3.63, 3.8) is 0 Å². The highest BCUT2D eigenvalue weighted by molar-refractivity contribution is 7.89. The monoisotopic (exact) mass is 339 g/mol. The number of aromatic nitrogens is 1. The smallest absolute Gasteiger partial charge is 0.241 e. The van der Waals surface area contributed by atoms with E-state index in [2.05, 4.69) is 9.71 Å². The van der Waals surface area contributed by atoms with Crippen molar-refractivity contribution in [3.8, 4) is 0 Å². The third-order valence-electron chi connectivity index (χ3n) is 3.39. The summed E-state index contributed by atoms with van der Waals surface area (Å²) in [6.07, 6.45) is 0. The van der Waals surface area contributed by atoms with Crippen molar-refractivity contribution < 1.29 is 8.42 Å². The molecule has 0 aliphatic heterocycles. The largest absolute Gasteiger partial charge is 0.377 e. The molecule has 0 amide bonds. The Hall–Kier alpha value is -1.44. The maximum absolute atomic E-state index is 12.6. The molecule has 1 aromatic heterocycles. The van der Waals surface area contributed by atoms with E-state index in [1.165, 1.54) is 11.3 Å². The van der Waals surface area contributed by atoms with Crippen molar-refractivity contribution >= 4 is 27.0 Å². The molecule has 0 radical (unpaired) electrons. The van der Waals surface area contributed by atoms with E-state index in [-0.39, 0.29) is 10.9 Å². The number of benzene rings is 1. The maximum atomic E-state index is 12.6. The number of thiazole rings is 1. The lowest BCUT2D eigenvalue weighted by atomic mass is 10.2. The fourth-order valence-corrected chi connectivity index (χ4v) is 4.12. The fraction of sp³-hybridized carbons (Fsp3) is 0.400. The van der Waals surface area contributed by atoms with E-state index >= 15 is 0 Å². The normalized spacial score (nSPS) is 13.1. The maximum Gasteiger partial charge on any atom is 0.241 e. The van der Waals surface area contributed by atoms with Gasteiger partial charge in [-0.15, -0.1) is 11.3 Å². The average Bonchev–Trinajstić information content (AvgIpc) is 2.85. The number of anilines is 1. The van der Waals surface area contributed by atoms with Gasteiger partial charge in [0.1, 0.15) is 0 Å². The second-order valence-electron chi connectivity index (χ2n) is 5.48. The summed E-state index contributed by atoms with van der Waals surface area (Å²) >= 11 is 1.51. The number of rotatable bonds is 5. The van der Waals surface area contributed by atoms with Crippen LogP contribution < -0.4 is 9.62 Å². The Morgan fingerprint density at radius 1 is 1.27 bits per heavy atom. The van der Waals surface area contributed by atoms with Crippen molar-refractivity contribution in [3.05, 3.63) is 39.8 Å². The summed E-state index contributed by atoms with van der Waals surface area (Å²) < 4.78 is 27.8. The lowest BCUT2D eigenvalue weighted by Crippen LogP contribution is -2.27. The van der Waals surface area contributed by atoms with Crippen LogP contribution in [-0.2, 0) is 10.0 Å². The van der Waals surface area contributed by atoms with Crippen molar-refractivity contribution in [2.24, 2.45) is 0 Å². The van der Waals surface area contributed by atoms with Crippen molar-refractivity contribution in [2.45, 2.75) is 31.7 Å². The fourth-order valence-electron chi connectivity index (χ4n) is 2.18. The molecular weight excluding hydrogens is 318 g/mol. The lowest BCUT2D eigenvalue weighted by Gasteiger charge is -2.18. The Morgan fingerprint density at radius 2 is 1.95 bits per heavy atom. The molecule has 0 saturated heterocycles. The molecule has 0 bridgehead atoms. The average molecular weight is 339 g/mol. The second-order valence-corrected chi connectivity index (χ2v) is 8.25. The molecule has 2 aromatic rings. The number of hydrogen-bond acceptors (Lipinski definition) is 5. The summed E-state index contributed by atoms with van der Waals surface area (Å²) in [5.41, 5.74) is 2.66. The second kappa shape index (κ2) is 6.36. The van der Waals surface area contributed by atoms with Crippen LogP contribution >= 0.6 is 11.3 Å². The molecule has 22 heavy (non-hydrogen) atoms. The number of aryl methyl sites for hydroxylation is 2. The van der Waals surface area contributed by atoms with Gasteiger partial charge in [-0.3, -0.25) is 0 Å². The molecule has 0 aliphatic rings. The molecule has 1 heterocycles. The first kappa shape index (κ1) is 16.9. The molecule has 0 fully saturated rings. The summed E-state index contributed by atoms with van der Waals surface area (Å²) in [5.74, 6) is 0. The summed E-state index contributed by atoms with van der Waals surface area (Å²) in [6, 6.07) is 4.78. The molecule has 0 spiro atoms.